The summed E-state index contributed by atoms with van der Waals surface area (Å²) in [4.78, 5) is 4.63. The van der Waals surface area contributed by atoms with Gasteiger partial charge in [0.15, 0.2) is 10.8 Å². The fraction of sp³-hybridized carbons (Fsp3) is 0.375. The van der Waals surface area contributed by atoms with Gasteiger partial charge in [0, 0.05) is 30.4 Å². The van der Waals surface area contributed by atoms with Crippen LogP contribution in [0, 0.1) is 6.92 Å². The lowest BCUT2D eigenvalue weighted by Crippen LogP contribution is -2.33. The molecular weight excluding hydrogens is 296 g/mol. The third-order valence-corrected chi connectivity index (χ3v) is 4.68. The van der Waals surface area contributed by atoms with E-state index >= 15 is 0 Å². The highest BCUT2D eigenvalue weighted by molar-refractivity contribution is 7.13. The molecule has 3 heterocycles. The molecule has 0 aromatic carbocycles. The second-order valence-corrected chi connectivity index (χ2v) is 6.31. The van der Waals surface area contributed by atoms with E-state index < -0.39 is 0 Å². The smallest absolute Gasteiger partial charge is 0.162 e. The molecule has 0 radical (unpaired) electrons. The Kier molecular flexibility index (Phi) is 4.40. The molecule has 0 saturated heterocycles. The van der Waals surface area contributed by atoms with Crippen LogP contribution in [-0.2, 0) is 6.54 Å². The number of aryl methyl sites for hydroxylation is 1. The van der Waals surface area contributed by atoms with Crippen LogP contribution in [0.5, 0.6) is 0 Å². The van der Waals surface area contributed by atoms with Crippen molar-refractivity contribution < 1.29 is 4.42 Å². The first-order chi connectivity index (χ1) is 10.6. The maximum atomic E-state index is 5.61. The van der Waals surface area contributed by atoms with Crippen LogP contribution in [0.3, 0.4) is 0 Å². The molecule has 5 nitrogen and oxygen atoms in total. The zero-order chi connectivity index (χ0) is 15.5. The summed E-state index contributed by atoms with van der Waals surface area (Å²) >= 11 is 1.61. The van der Waals surface area contributed by atoms with Gasteiger partial charge in [0.1, 0.15) is 5.76 Å². The van der Waals surface area contributed by atoms with Gasteiger partial charge in [-0.25, -0.2) is 4.98 Å². The fourth-order valence-electron chi connectivity index (χ4n) is 2.24. The molecule has 3 aromatic rings. The Hall–Kier alpha value is -1.92. The summed E-state index contributed by atoms with van der Waals surface area (Å²) in [5, 5.41) is 10.8. The van der Waals surface area contributed by atoms with Crippen molar-refractivity contribution in [1.82, 2.24) is 20.1 Å². The van der Waals surface area contributed by atoms with Gasteiger partial charge in [-0.1, -0.05) is 0 Å². The minimum absolute atomic E-state index is 0.292. The Morgan fingerprint density at radius 3 is 2.91 bits per heavy atom. The molecule has 6 heteroatoms. The summed E-state index contributed by atoms with van der Waals surface area (Å²) in [5.74, 6) is 1.75. The lowest BCUT2D eigenvalue weighted by molar-refractivity contribution is 0.364. The second-order valence-electron chi connectivity index (χ2n) is 5.45. The van der Waals surface area contributed by atoms with Crippen molar-refractivity contribution in [2.75, 3.05) is 0 Å². The van der Waals surface area contributed by atoms with E-state index in [1.165, 1.54) is 0 Å². The molecule has 3 aromatic heterocycles. The van der Waals surface area contributed by atoms with Gasteiger partial charge >= 0.3 is 0 Å². The van der Waals surface area contributed by atoms with Crippen molar-refractivity contribution in [1.29, 1.82) is 0 Å². The monoisotopic (exact) mass is 316 g/mol. The van der Waals surface area contributed by atoms with Gasteiger partial charge < -0.3 is 9.73 Å². The molecule has 0 amide bonds. The number of rotatable bonds is 6. The standard InChI is InChI=1S/C16H20N4OS/c1-11-5-6-15(21-11)16-19-14(10-22-16)9-17-12(2)13(3)20-8-4-7-18-20/h4-8,10,12-13,17H,9H2,1-3H3/t12-,13+/m1/s1. The molecule has 0 unspecified atom stereocenters. The van der Waals surface area contributed by atoms with Gasteiger partial charge in [-0.05, 0) is 39.0 Å². The molecule has 0 aliphatic rings. The van der Waals surface area contributed by atoms with Crippen LogP contribution in [0.4, 0.5) is 0 Å². The highest BCUT2D eigenvalue weighted by Gasteiger charge is 2.14. The highest BCUT2D eigenvalue weighted by Crippen LogP contribution is 2.25. The number of nitrogens with one attached hydrogen (secondary N) is 1. The van der Waals surface area contributed by atoms with Gasteiger partial charge in [0.05, 0.1) is 11.7 Å². The minimum Gasteiger partial charge on any atom is -0.459 e. The predicted octanol–water partition coefficient (Wildman–Crippen LogP) is 3.65. The van der Waals surface area contributed by atoms with Crippen molar-refractivity contribution in [3.8, 4) is 10.8 Å². The Morgan fingerprint density at radius 1 is 1.36 bits per heavy atom. The van der Waals surface area contributed by atoms with E-state index in [0.29, 0.717) is 12.1 Å². The van der Waals surface area contributed by atoms with Crippen molar-refractivity contribution in [3.63, 3.8) is 0 Å². The number of nitrogens with zero attached hydrogens (tertiary/aromatic N) is 3. The molecule has 0 aliphatic carbocycles. The van der Waals surface area contributed by atoms with E-state index in [4.69, 9.17) is 4.42 Å². The molecular formula is C16H20N4OS. The molecule has 3 rings (SSSR count). The first kappa shape index (κ1) is 15.0. The molecule has 0 bridgehead atoms. The van der Waals surface area contributed by atoms with E-state index in [2.05, 4.69) is 34.6 Å². The maximum absolute atomic E-state index is 5.61. The van der Waals surface area contributed by atoms with E-state index in [9.17, 15) is 0 Å². The first-order valence-electron chi connectivity index (χ1n) is 7.37. The lowest BCUT2D eigenvalue weighted by Gasteiger charge is -2.21. The Labute approximate surface area is 134 Å². The summed E-state index contributed by atoms with van der Waals surface area (Å²) in [7, 11) is 0. The largest absolute Gasteiger partial charge is 0.459 e. The molecule has 0 fully saturated rings. The van der Waals surface area contributed by atoms with E-state index in [-0.39, 0.29) is 0 Å². The van der Waals surface area contributed by atoms with Gasteiger partial charge in [-0.2, -0.15) is 5.10 Å². The average molecular weight is 316 g/mol. The quantitative estimate of drug-likeness (QED) is 0.754. The fourth-order valence-corrected chi connectivity index (χ4v) is 3.02. The van der Waals surface area contributed by atoms with E-state index in [1.807, 2.05) is 36.0 Å². The van der Waals surface area contributed by atoms with Crippen LogP contribution in [0.15, 0.2) is 40.4 Å². The molecule has 0 saturated carbocycles. The summed E-state index contributed by atoms with van der Waals surface area (Å²) in [5.41, 5.74) is 1.04. The summed E-state index contributed by atoms with van der Waals surface area (Å²) in [6.07, 6.45) is 3.80. The topological polar surface area (TPSA) is 55.9 Å². The zero-order valence-corrected chi connectivity index (χ0v) is 13.8. The number of hydrogen-bond acceptors (Lipinski definition) is 5. The molecule has 116 valence electrons. The van der Waals surface area contributed by atoms with Crippen LogP contribution in [0.2, 0.25) is 0 Å². The summed E-state index contributed by atoms with van der Waals surface area (Å²) < 4.78 is 7.58. The van der Waals surface area contributed by atoms with Crippen molar-refractivity contribution in [2.24, 2.45) is 0 Å². The van der Waals surface area contributed by atoms with Gasteiger partial charge in [-0.15, -0.1) is 11.3 Å². The number of thiazole rings is 1. The lowest BCUT2D eigenvalue weighted by atomic mass is 10.2. The molecule has 0 spiro atoms. The average Bonchev–Trinajstić information content (AvgIpc) is 3.24. The Morgan fingerprint density at radius 2 is 2.23 bits per heavy atom. The Balaban J connectivity index is 1.59. The zero-order valence-electron chi connectivity index (χ0n) is 13.0. The Bertz CT molecular complexity index is 716. The van der Waals surface area contributed by atoms with E-state index in [1.54, 1.807) is 17.5 Å². The molecule has 0 aliphatic heterocycles. The van der Waals surface area contributed by atoms with Gasteiger partial charge in [0.2, 0.25) is 0 Å². The minimum atomic E-state index is 0.292. The van der Waals surface area contributed by atoms with Gasteiger partial charge in [-0.3, -0.25) is 4.68 Å². The number of furan rings is 1. The number of aromatic nitrogens is 3. The van der Waals surface area contributed by atoms with Crippen LogP contribution in [-0.4, -0.2) is 20.8 Å². The van der Waals surface area contributed by atoms with Crippen molar-refractivity contribution in [2.45, 2.75) is 39.4 Å². The highest BCUT2D eigenvalue weighted by atomic mass is 32.1. The van der Waals surface area contributed by atoms with Crippen LogP contribution >= 0.6 is 11.3 Å². The normalized spacial score (nSPS) is 14.1. The molecule has 22 heavy (non-hydrogen) atoms. The van der Waals surface area contributed by atoms with Crippen LogP contribution < -0.4 is 5.32 Å². The van der Waals surface area contributed by atoms with E-state index in [0.717, 1.165) is 28.8 Å². The SMILES string of the molecule is Cc1ccc(-c2nc(CN[C@H](C)[C@H](C)n3cccn3)cs2)o1. The first-order valence-corrected chi connectivity index (χ1v) is 8.25. The third-order valence-electron chi connectivity index (χ3n) is 3.77. The second kappa shape index (κ2) is 6.46. The van der Waals surface area contributed by atoms with Crippen LogP contribution in [0.25, 0.3) is 10.8 Å². The van der Waals surface area contributed by atoms with Crippen molar-refractivity contribution in [3.05, 3.63) is 47.4 Å². The van der Waals surface area contributed by atoms with Crippen LogP contribution in [0.1, 0.15) is 31.3 Å². The molecule has 1 N–H and O–H groups in total. The van der Waals surface area contributed by atoms with Gasteiger partial charge in [0.25, 0.3) is 0 Å². The summed E-state index contributed by atoms with van der Waals surface area (Å²) in [6.45, 7) is 7.00. The maximum Gasteiger partial charge on any atom is 0.162 e. The predicted molar refractivity (Wildman–Crippen MR) is 87.8 cm³/mol. The third kappa shape index (κ3) is 3.28. The van der Waals surface area contributed by atoms with Crippen molar-refractivity contribution >= 4 is 11.3 Å². The number of hydrogen-bond donors (Lipinski definition) is 1. The molecule has 2 atom stereocenters. The summed E-state index contributed by atoms with van der Waals surface area (Å²) in [6, 6.07) is 6.47.